The third-order valence-corrected chi connectivity index (χ3v) is 6.37. The molecule has 0 fully saturated rings. The molecule has 1 heterocycles. The van der Waals surface area contributed by atoms with Crippen molar-refractivity contribution in [2.24, 2.45) is 4.99 Å². The zero-order valence-corrected chi connectivity index (χ0v) is 18.6. The molecule has 5 nitrogen and oxygen atoms in total. The van der Waals surface area contributed by atoms with Gasteiger partial charge >= 0.3 is 0 Å². The van der Waals surface area contributed by atoms with E-state index < -0.39 is 10.1 Å². The van der Waals surface area contributed by atoms with Crippen LogP contribution >= 0.6 is 0 Å². The van der Waals surface area contributed by atoms with E-state index in [0.29, 0.717) is 18.1 Å². The van der Waals surface area contributed by atoms with Gasteiger partial charge in [-0.1, -0.05) is 66.2 Å². The molecule has 0 bridgehead atoms. The number of rotatable bonds is 6. The van der Waals surface area contributed by atoms with Crippen LogP contribution in [0.5, 0.6) is 0 Å². The molecule has 0 amide bonds. The van der Waals surface area contributed by atoms with Gasteiger partial charge in [0, 0.05) is 5.56 Å². The number of hydrogen-bond acceptors (Lipinski definition) is 5. The molecule has 0 aliphatic carbocycles. The van der Waals surface area contributed by atoms with Crippen LogP contribution in [0.4, 0.5) is 0 Å². The van der Waals surface area contributed by atoms with Gasteiger partial charge in [0.2, 0.25) is 5.90 Å². The van der Waals surface area contributed by atoms with E-state index in [1.54, 1.807) is 24.3 Å². The van der Waals surface area contributed by atoms with E-state index in [1.165, 1.54) is 0 Å². The van der Waals surface area contributed by atoms with Gasteiger partial charge < -0.3 is 4.74 Å². The number of hydrogen-bond donors (Lipinski definition) is 0. The number of nitrogens with zero attached hydrogens (tertiary/aromatic N) is 1. The zero-order valence-electron chi connectivity index (χ0n) is 17.8. The first kappa shape index (κ1) is 21.3. The smallest absolute Gasteiger partial charge is 0.297 e. The zero-order chi connectivity index (χ0) is 22.1. The van der Waals surface area contributed by atoms with Crippen LogP contribution < -0.4 is 0 Å². The molecule has 0 saturated heterocycles. The molecule has 3 aromatic carbocycles. The first-order chi connectivity index (χ1) is 14.8. The standard InChI is InChI=1S/C25H25NO4S/c1-18-12-14-21(15-13-18)31(27,28)30-16-20-10-7-11-22(19-8-5-4-6-9-19)23(20)24-26-25(2,3)17-29-24/h4-15H,16-17H2,1-3H3. The highest BCUT2D eigenvalue weighted by atomic mass is 32.2. The molecule has 1 aliphatic heterocycles. The Morgan fingerprint density at radius 1 is 0.968 bits per heavy atom. The van der Waals surface area contributed by atoms with Crippen LogP contribution in [0.2, 0.25) is 0 Å². The second-order valence-electron chi connectivity index (χ2n) is 8.25. The van der Waals surface area contributed by atoms with Crippen LogP contribution in [0.1, 0.15) is 30.5 Å². The molecule has 160 valence electrons. The first-order valence-electron chi connectivity index (χ1n) is 10.1. The van der Waals surface area contributed by atoms with E-state index >= 15 is 0 Å². The molecule has 0 aromatic heterocycles. The Balaban J connectivity index is 1.73. The third-order valence-electron chi connectivity index (χ3n) is 5.09. The fourth-order valence-electron chi connectivity index (χ4n) is 3.46. The average molecular weight is 436 g/mol. The molecule has 0 atom stereocenters. The van der Waals surface area contributed by atoms with Crippen LogP contribution in [0, 0.1) is 6.92 Å². The summed E-state index contributed by atoms with van der Waals surface area (Å²) < 4.78 is 36.8. The molecule has 1 aliphatic rings. The Morgan fingerprint density at radius 3 is 2.32 bits per heavy atom. The Labute approximate surface area is 183 Å². The van der Waals surface area contributed by atoms with Gasteiger partial charge in [0.15, 0.2) is 0 Å². The highest BCUT2D eigenvalue weighted by Crippen LogP contribution is 2.32. The van der Waals surface area contributed by atoms with Gasteiger partial charge in [-0.25, -0.2) is 4.99 Å². The normalized spacial score (nSPS) is 15.4. The fourth-order valence-corrected chi connectivity index (χ4v) is 4.35. The average Bonchev–Trinajstić information content (AvgIpc) is 3.12. The van der Waals surface area contributed by atoms with Crippen molar-refractivity contribution in [3.63, 3.8) is 0 Å². The molecule has 0 radical (unpaired) electrons. The Hall–Kier alpha value is -2.96. The summed E-state index contributed by atoms with van der Waals surface area (Å²) in [6.45, 7) is 6.26. The maximum absolute atomic E-state index is 12.7. The number of benzene rings is 3. The quantitative estimate of drug-likeness (QED) is 0.504. The Kier molecular flexibility index (Phi) is 5.69. The van der Waals surface area contributed by atoms with Crippen molar-refractivity contribution in [3.8, 4) is 11.1 Å². The van der Waals surface area contributed by atoms with Crippen molar-refractivity contribution in [1.29, 1.82) is 0 Å². The van der Waals surface area contributed by atoms with Gasteiger partial charge in [-0.3, -0.25) is 4.18 Å². The molecule has 31 heavy (non-hydrogen) atoms. The summed E-state index contributed by atoms with van der Waals surface area (Å²) in [5.41, 5.74) is 4.02. The van der Waals surface area contributed by atoms with Gasteiger partial charge in [-0.05, 0) is 49.6 Å². The molecule has 4 rings (SSSR count). The lowest BCUT2D eigenvalue weighted by molar-refractivity contribution is 0.278. The van der Waals surface area contributed by atoms with E-state index in [2.05, 4.69) is 0 Å². The van der Waals surface area contributed by atoms with Crippen LogP contribution in [-0.2, 0) is 25.6 Å². The predicted octanol–water partition coefficient (Wildman–Crippen LogP) is 5.12. The Morgan fingerprint density at radius 2 is 1.68 bits per heavy atom. The monoisotopic (exact) mass is 435 g/mol. The SMILES string of the molecule is Cc1ccc(S(=O)(=O)OCc2cccc(-c3ccccc3)c2C2=NC(C)(C)CO2)cc1. The molecule has 0 N–H and O–H groups in total. The highest BCUT2D eigenvalue weighted by molar-refractivity contribution is 7.86. The minimum absolute atomic E-state index is 0.116. The van der Waals surface area contributed by atoms with Crippen LogP contribution in [-0.4, -0.2) is 26.5 Å². The number of ether oxygens (including phenoxy) is 1. The molecular formula is C25H25NO4S. The van der Waals surface area contributed by atoms with E-state index in [4.69, 9.17) is 13.9 Å². The highest BCUT2D eigenvalue weighted by Gasteiger charge is 2.30. The summed E-state index contributed by atoms with van der Waals surface area (Å²) in [4.78, 5) is 4.87. The lowest BCUT2D eigenvalue weighted by Crippen LogP contribution is -2.17. The molecule has 6 heteroatoms. The van der Waals surface area contributed by atoms with E-state index in [-0.39, 0.29) is 17.0 Å². The molecule has 0 unspecified atom stereocenters. The summed E-state index contributed by atoms with van der Waals surface area (Å²) in [6.07, 6.45) is 0. The van der Waals surface area contributed by atoms with Crippen molar-refractivity contribution in [2.45, 2.75) is 37.8 Å². The fraction of sp³-hybridized carbons (Fsp3) is 0.240. The van der Waals surface area contributed by atoms with Crippen LogP contribution in [0.25, 0.3) is 11.1 Å². The van der Waals surface area contributed by atoms with Gasteiger partial charge in [-0.15, -0.1) is 0 Å². The summed E-state index contributed by atoms with van der Waals surface area (Å²) in [7, 11) is -3.90. The van der Waals surface area contributed by atoms with Crippen LogP contribution in [0.15, 0.2) is 82.7 Å². The maximum atomic E-state index is 12.7. The van der Waals surface area contributed by atoms with E-state index in [0.717, 1.165) is 22.3 Å². The van der Waals surface area contributed by atoms with E-state index in [1.807, 2.05) is 69.3 Å². The first-order valence-corrected chi connectivity index (χ1v) is 11.5. The Bertz CT molecular complexity index is 1210. The lowest BCUT2D eigenvalue weighted by atomic mass is 9.95. The summed E-state index contributed by atoms with van der Waals surface area (Å²) in [5, 5.41) is 0. The summed E-state index contributed by atoms with van der Waals surface area (Å²) in [6, 6.07) is 22.2. The number of aryl methyl sites for hydroxylation is 1. The molecule has 0 saturated carbocycles. The molecular weight excluding hydrogens is 410 g/mol. The summed E-state index contributed by atoms with van der Waals surface area (Å²) in [5.74, 6) is 0.510. The minimum Gasteiger partial charge on any atom is -0.475 e. The second-order valence-corrected chi connectivity index (χ2v) is 9.87. The van der Waals surface area contributed by atoms with Crippen molar-refractivity contribution >= 4 is 16.0 Å². The van der Waals surface area contributed by atoms with Crippen LogP contribution in [0.3, 0.4) is 0 Å². The van der Waals surface area contributed by atoms with Crippen molar-refractivity contribution in [3.05, 3.63) is 89.5 Å². The van der Waals surface area contributed by atoms with Crippen molar-refractivity contribution in [2.75, 3.05) is 6.61 Å². The van der Waals surface area contributed by atoms with Gasteiger partial charge in [0.05, 0.1) is 17.0 Å². The molecule has 3 aromatic rings. The second kappa shape index (κ2) is 8.29. The topological polar surface area (TPSA) is 65.0 Å². The molecule has 0 spiro atoms. The summed E-state index contributed by atoms with van der Waals surface area (Å²) >= 11 is 0. The lowest BCUT2D eigenvalue weighted by Gasteiger charge is -2.15. The van der Waals surface area contributed by atoms with Crippen molar-refractivity contribution < 1.29 is 17.3 Å². The van der Waals surface area contributed by atoms with Gasteiger partial charge in [0.25, 0.3) is 10.1 Å². The maximum Gasteiger partial charge on any atom is 0.297 e. The third kappa shape index (κ3) is 4.70. The van der Waals surface area contributed by atoms with E-state index in [9.17, 15) is 8.42 Å². The number of aliphatic imine (C=N–C) groups is 1. The predicted molar refractivity (Wildman–Crippen MR) is 122 cm³/mol. The van der Waals surface area contributed by atoms with Crippen molar-refractivity contribution in [1.82, 2.24) is 0 Å². The van der Waals surface area contributed by atoms with Gasteiger partial charge in [-0.2, -0.15) is 8.42 Å². The minimum atomic E-state index is -3.90. The van der Waals surface area contributed by atoms with Gasteiger partial charge in [0.1, 0.15) is 6.61 Å². The largest absolute Gasteiger partial charge is 0.475 e.